The predicted molar refractivity (Wildman–Crippen MR) is 40.4 cm³/mol. The van der Waals surface area contributed by atoms with Crippen molar-refractivity contribution < 1.29 is 13.6 Å². The van der Waals surface area contributed by atoms with E-state index in [-0.39, 0.29) is 13.0 Å². The van der Waals surface area contributed by atoms with Crippen molar-refractivity contribution in [2.45, 2.75) is 19.4 Å². The second-order valence-corrected chi connectivity index (χ2v) is 2.48. The number of halogens is 2. The van der Waals surface area contributed by atoms with Gasteiger partial charge in [-0.15, -0.1) is 0 Å². The highest BCUT2D eigenvalue weighted by Crippen LogP contribution is 2.04. The van der Waals surface area contributed by atoms with E-state index in [1.54, 1.807) is 23.0 Å². The van der Waals surface area contributed by atoms with Crippen LogP contribution in [0.2, 0.25) is 0 Å². The SMILES string of the molecule is O=Cc1ccn(CCC(F)F)c1. The van der Waals surface area contributed by atoms with Crippen molar-refractivity contribution in [2.24, 2.45) is 0 Å². The minimum Gasteiger partial charge on any atom is -0.353 e. The average molecular weight is 173 g/mol. The Hall–Kier alpha value is -1.19. The highest BCUT2D eigenvalue weighted by Gasteiger charge is 2.02. The maximum atomic E-state index is 11.7. The molecule has 0 saturated carbocycles. The summed E-state index contributed by atoms with van der Waals surface area (Å²) in [5.74, 6) is 0. The summed E-state index contributed by atoms with van der Waals surface area (Å²) in [6.45, 7) is 0.255. The highest BCUT2D eigenvalue weighted by molar-refractivity contribution is 5.74. The van der Waals surface area contributed by atoms with Crippen LogP contribution in [0, 0.1) is 0 Å². The van der Waals surface area contributed by atoms with Crippen LogP contribution in [-0.4, -0.2) is 17.3 Å². The van der Waals surface area contributed by atoms with Crippen LogP contribution in [0.15, 0.2) is 18.5 Å². The molecule has 1 aromatic heterocycles. The highest BCUT2D eigenvalue weighted by atomic mass is 19.3. The fourth-order valence-corrected chi connectivity index (χ4v) is 0.915. The molecule has 1 heterocycles. The Morgan fingerprint density at radius 3 is 2.83 bits per heavy atom. The summed E-state index contributed by atoms with van der Waals surface area (Å²) in [7, 11) is 0. The van der Waals surface area contributed by atoms with Gasteiger partial charge >= 0.3 is 0 Å². The van der Waals surface area contributed by atoms with Crippen molar-refractivity contribution in [3.63, 3.8) is 0 Å². The molecule has 0 spiro atoms. The Morgan fingerprint density at radius 1 is 1.58 bits per heavy atom. The summed E-state index contributed by atoms with van der Waals surface area (Å²) in [6, 6.07) is 1.60. The number of alkyl halides is 2. The van der Waals surface area contributed by atoms with Crippen molar-refractivity contribution in [1.82, 2.24) is 4.57 Å². The molecule has 0 aliphatic rings. The summed E-state index contributed by atoms with van der Waals surface area (Å²) in [6.07, 6.45) is 1.40. The topological polar surface area (TPSA) is 22.0 Å². The second kappa shape index (κ2) is 3.99. The van der Waals surface area contributed by atoms with E-state index in [2.05, 4.69) is 0 Å². The number of rotatable bonds is 4. The molecule has 0 amide bonds. The van der Waals surface area contributed by atoms with Crippen LogP contribution < -0.4 is 0 Å². The molecule has 1 rings (SSSR count). The van der Waals surface area contributed by atoms with Crippen LogP contribution in [0.1, 0.15) is 16.8 Å². The van der Waals surface area contributed by atoms with E-state index in [1.165, 1.54) is 0 Å². The van der Waals surface area contributed by atoms with Gasteiger partial charge in [-0.25, -0.2) is 8.78 Å². The van der Waals surface area contributed by atoms with Gasteiger partial charge in [-0.1, -0.05) is 0 Å². The molecule has 66 valence electrons. The third-order valence-corrected chi connectivity index (χ3v) is 1.51. The van der Waals surface area contributed by atoms with Gasteiger partial charge in [0.25, 0.3) is 0 Å². The number of carbonyl (C=O) groups is 1. The van der Waals surface area contributed by atoms with E-state index >= 15 is 0 Å². The molecule has 0 aliphatic heterocycles. The van der Waals surface area contributed by atoms with Crippen molar-refractivity contribution >= 4 is 6.29 Å². The van der Waals surface area contributed by atoms with Gasteiger partial charge in [0.1, 0.15) is 0 Å². The lowest BCUT2D eigenvalue weighted by molar-refractivity contribution is 0.112. The van der Waals surface area contributed by atoms with Crippen LogP contribution >= 0.6 is 0 Å². The molecule has 0 bridgehead atoms. The first kappa shape index (κ1) is 8.90. The Balaban J connectivity index is 2.47. The number of hydrogen-bond acceptors (Lipinski definition) is 1. The lowest BCUT2D eigenvalue weighted by Crippen LogP contribution is -2.00. The lowest BCUT2D eigenvalue weighted by atomic mass is 10.4. The van der Waals surface area contributed by atoms with Crippen LogP contribution in [0.3, 0.4) is 0 Å². The van der Waals surface area contributed by atoms with Crippen LogP contribution in [-0.2, 0) is 6.54 Å². The van der Waals surface area contributed by atoms with Crippen LogP contribution in [0.4, 0.5) is 8.78 Å². The number of aromatic nitrogens is 1. The Bertz CT molecular complexity index is 257. The molecule has 0 saturated heterocycles. The summed E-state index contributed by atoms with van der Waals surface area (Å²) < 4.78 is 25.0. The van der Waals surface area contributed by atoms with Gasteiger partial charge in [0.05, 0.1) is 0 Å². The van der Waals surface area contributed by atoms with Gasteiger partial charge in [0.15, 0.2) is 6.29 Å². The van der Waals surface area contributed by atoms with Crippen LogP contribution in [0.5, 0.6) is 0 Å². The van der Waals surface area contributed by atoms with E-state index in [0.29, 0.717) is 11.8 Å². The number of nitrogens with zero attached hydrogens (tertiary/aromatic N) is 1. The summed E-state index contributed by atoms with van der Waals surface area (Å²) in [4.78, 5) is 10.2. The van der Waals surface area contributed by atoms with Gasteiger partial charge in [-0.3, -0.25) is 4.79 Å². The largest absolute Gasteiger partial charge is 0.353 e. The number of aryl methyl sites for hydroxylation is 1. The first-order valence-electron chi connectivity index (χ1n) is 3.61. The monoisotopic (exact) mass is 173 g/mol. The maximum Gasteiger partial charge on any atom is 0.240 e. The Kier molecular flexibility index (Phi) is 2.96. The van der Waals surface area contributed by atoms with E-state index < -0.39 is 6.43 Å². The lowest BCUT2D eigenvalue weighted by Gasteiger charge is -2.00. The van der Waals surface area contributed by atoms with Gasteiger partial charge in [0.2, 0.25) is 6.43 Å². The van der Waals surface area contributed by atoms with E-state index in [0.717, 1.165) is 0 Å². The first-order valence-corrected chi connectivity index (χ1v) is 3.61. The zero-order valence-electron chi connectivity index (χ0n) is 6.41. The molecule has 0 aromatic carbocycles. The fraction of sp³-hybridized carbons (Fsp3) is 0.375. The minimum absolute atomic E-state index is 0.174. The molecule has 0 N–H and O–H groups in total. The molecule has 0 unspecified atom stereocenters. The molecule has 0 atom stereocenters. The molecule has 0 radical (unpaired) electrons. The molecule has 0 aliphatic carbocycles. The molecular weight excluding hydrogens is 164 g/mol. The molecule has 1 aromatic rings. The number of aldehydes is 1. The standard InChI is InChI=1S/C8H9F2NO/c9-8(10)2-4-11-3-1-7(5-11)6-12/h1,3,5-6,8H,2,4H2. The Labute approximate surface area is 68.8 Å². The quantitative estimate of drug-likeness (QED) is 0.638. The number of hydrogen-bond donors (Lipinski definition) is 0. The number of carbonyl (C=O) groups excluding carboxylic acids is 1. The van der Waals surface area contributed by atoms with E-state index in [1.807, 2.05) is 0 Å². The van der Waals surface area contributed by atoms with E-state index in [4.69, 9.17) is 0 Å². The van der Waals surface area contributed by atoms with Gasteiger partial charge in [0, 0.05) is 30.9 Å². The normalized spacial score (nSPS) is 10.6. The second-order valence-electron chi connectivity index (χ2n) is 2.48. The van der Waals surface area contributed by atoms with Crippen molar-refractivity contribution in [1.29, 1.82) is 0 Å². The van der Waals surface area contributed by atoms with Crippen molar-refractivity contribution in [2.75, 3.05) is 0 Å². The van der Waals surface area contributed by atoms with Crippen LogP contribution in [0.25, 0.3) is 0 Å². The third-order valence-electron chi connectivity index (χ3n) is 1.51. The van der Waals surface area contributed by atoms with Gasteiger partial charge < -0.3 is 4.57 Å². The fourth-order valence-electron chi connectivity index (χ4n) is 0.915. The molecule has 0 fully saturated rings. The minimum atomic E-state index is -2.29. The average Bonchev–Trinajstić information content (AvgIpc) is 2.48. The maximum absolute atomic E-state index is 11.7. The summed E-state index contributed by atoms with van der Waals surface area (Å²) in [5, 5.41) is 0. The molecular formula is C8H9F2NO. The van der Waals surface area contributed by atoms with E-state index in [9.17, 15) is 13.6 Å². The molecule has 4 heteroatoms. The summed E-state index contributed by atoms with van der Waals surface area (Å²) >= 11 is 0. The first-order chi connectivity index (χ1) is 5.72. The zero-order valence-corrected chi connectivity index (χ0v) is 6.41. The molecule has 12 heavy (non-hydrogen) atoms. The van der Waals surface area contributed by atoms with Crippen molar-refractivity contribution in [3.8, 4) is 0 Å². The van der Waals surface area contributed by atoms with Gasteiger partial charge in [-0.2, -0.15) is 0 Å². The molecule has 2 nitrogen and oxygen atoms in total. The van der Waals surface area contributed by atoms with Gasteiger partial charge in [-0.05, 0) is 6.07 Å². The van der Waals surface area contributed by atoms with Crippen molar-refractivity contribution in [3.05, 3.63) is 24.0 Å². The zero-order chi connectivity index (χ0) is 8.97. The predicted octanol–water partition coefficient (Wildman–Crippen LogP) is 1.96. The smallest absolute Gasteiger partial charge is 0.240 e. The Morgan fingerprint density at radius 2 is 2.33 bits per heavy atom. The third kappa shape index (κ3) is 2.45. The summed E-state index contributed by atoms with van der Waals surface area (Å²) in [5.41, 5.74) is 0.518.